The van der Waals surface area contributed by atoms with Crippen LogP contribution in [0.2, 0.25) is 0 Å². The first-order valence-corrected chi connectivity index (χ1v) is 8.18. The molecule has 1 aliphatic rings. The lowest BCUT2D eigenvalue weighted by molar-refractivity contribution is -0.0211. The quantitative estimate of drug-likeness (QED) is 0.940. The van der Waals surface area contributed by atoms with Crippen LogP contribution in [0.4, 0.5) is 4.39 Å². The highest BCUT2D eigenvalue weighted by Gasteiger charge is 2.21. The number of morpholine rings is 1. The molecule has 114 valence electrons. The van der Waals surface area contributed by atoms with Gasteiger partial charge < -0.3 is 10.1 Å². The Morgan fingerprint density at radius 1 is 1.48 bits per heavy atom. The summed E-state index contributed by atoms with van der Waals surface area (Å²) < 4.78 is 20.9. The molecule has 0 saturated carbocycles. The lowest BCUT2D eigenvalue weighted by Gasteiger charge is -2.31. The highest BCUT2D eigenvalue weighted by atomic mass is 32.1. The third kappa shape index (κ3) is 3.11. The third-order valence-corrected chi connectivity index (χ3v) is 5.09. The molecule has 3 rings (SSSR count). The molecule has 1 aromatic carbocycles. The predicted octanol–water partition coefficient (Wildman–Crippen LogP) is 2.98. The Hall–Kier alpha value is -1.01. The van der Waals surface area contributed by atoms with Crippen molar-refractivity contribution in [2.45, 2.75) is 26.1 Å². The number of rotatable bonds is 4. The van der Waals surface area contributed by atoms with E-state index < -0.39 is 0 Å². The molecule has 1 saturated heterocycles. The van der Waals surface area contributed by atoms with E-state index in [-0.39, 0.29) is 11.9 Å². The first kappa shape index (κ1) is 14.9. The topological polar surface area (TPSA) is 24.5 Å². The van der Waals surface area contributed by atoms with Crippen LogP contribution < -0.4 is 5.32 Å². The van der Waals surface area contributed by atoms with Gasteiger partial charge in [-0.1, -0.05) is 6.07 Å². The van der Waals surface area contributed by atoms with E-state index >= 15 is 0 Å². The molecule has 1 N–H and O–H groups in total. The minimum atomic E-state index is -0.109. The summed E-state index contributed by atoms with van der Waals surface area (Å²) in [7, 11) is 1.93. The maximum Gasteiger partial charge on any atom is 0.132 e. The molecule has 1 atom stereocenters. The SMILES string of the molecule is CNCc1sc2cccc(F)c2c1CN1CCOC(C)C1. The van der Waals surface area contributed by atoms with Gasteiger partial charge in [0, 0.05) is 41.1 Å². The summed E-state index contributed by atoms with van der Waals surface area (Å²) in [6.07, 6.45) is 0.251. The fraction of sp³-hybridized carbons (Fsp3) is 0.500. The van der Waals surface area contributed by atoms with Crippen LogP contribution in [0.1, 0.15) is 17.4 Å². The van der Waals surface area contributed by atoms with Gasteiger partial charge in [0.15, 0.2) is 0 Å². The van der Waals surface area contributed by atoms with Gasteiger partial charge in [0.05, 0.1) is 12.7 Å². The maximum atomic E-state index is 14.3. The predicted molar refractivity (Wildman–Crippen MR) is 85.2 cm³/mol. The second kappa shape index (κ2) is 6.40. The molecule has 1 aliphatic heterocycles. The van der Waals surface area contributed by atoms with Crippen molar-refractivity contribution in [2.75, 3.05) is 26.7 Å². The molecule has 0 spiro atoms. The molecule has 0 radical (unpaired) electrons. The highest BCUT2D eigenvalue weighted by molar-refractivity contribution is 7.19. The minimum absolute atomic E-state index is 0.109. The van der Waals surface area contributed by atoms with Gasteiger partial charge in [0.25, 0.3) is 0 Å². The average Bonchev–Trinajstić information content (AvgIpc) is 2.79. The monoisotopic (exact) mass is 308 g/mol. The van der Waals surface area contributed by atoms with E-state index in [9.17, 15) is 4.39 Å². The number of fused-ring (bicyclic) bond motifs is 1. The lowest BCUT2D eigenvalue weighted by Crippen LogP contribution is -2.40. The van der Waals surface area contributed by atoms with E-state index in [1.807, 2.05) is 13.1 Å². The summed E-state index contributed by atoms with van der Waals surface area (Å²) in [5.74, 6) is -0.109. The molecule has 21 heavy (non-hydrogen) atoms. The van der Waals surface area contributed by atoms with E-state index in [1.54, 1.807) is 23.5 Å². The Kier molecular flexibility index (Phi) is 4.54. The van der Waals surface area contributed by atoms with E-state index in [0.717, 1.165) is 48.4 Å². The Labute approximate surface area is 128 Å². The molecule has 1 unspecified atom stereocenters. The first-order chi connectivity index (χ1) is 10.2. The van der Waals surface area contributed by atoms with Crippen molar-refractivity contribution in [3.05, 3.63) is 34.5 Å². The zero-order chi connectivity index (χ0) is 14.8. The van der Waals surface area contributed by atoms with Crippen LogP contribution in [-0.2, 0) is 17.8 Å². The van der Waals surface area contributed by atoms with Crippen molar-refractivity contribution in [3.8, 4) is 0 Å². The fourth-order valence-electron chi connectivity index (χ4n) is 2.94. The van der Waals surface area contributed by atoms with E-state index in [0.29, 0.717) is 0 Å². The van der Waals surface area contributed by atoms with Gasteiger partial charge in [0.2, 0.25) is 0 Å². The molecule has 0 bridgehead atoms. The largest absolute Gasteiger partial charge is 0.376 e. The molecule has 5 heteroatoms. The number of nitrogens with zero attached hydrogens (tertiary/aromatic N) is 1. The zero-order valence-electron chi connectivity index (χ0n) is 12.5. The second-order valence-electron chi connectivity index (χ2n) is 5.56. The average molecular weight is 308 g/mol. The van der Waals surface area contributed by atoms with Crippen LogP contribution in [0.25, 0.3) is 10.1 Å². The van der Waals surface area contributed by atoms with Gasteiger partial charge in [-0.2, -0.15) is 0 Å². The summed E-state index contributed by atoms with van der Waals surface area (Å²) in [5, 5.41) is 3.99. The molecule has 3 nitrogen and oxygen atoms in total. The molecular formula is C16H21FN2OS. The van der Waals surface area contributed by atoms with E-state index in [4.69, 9.17) is 4.74 Å². The van der Waals surface area contributed by atoms with E-state index in [2.05, 4.69) is 17.1 Å². The molecular weight excluding hydrogens is 287 g/mol. The number of ether oxygens (including phenoxy) is 1. The van der Waals surface area contributed by atoms with Crippen LogP contribution in [0.5, 0.6) is 0 Å². The summed E-state index contributed by atoms with van der Waals surface area (Å²) in [6.45, 7) is 6.25. The van der Waals surface area contributed by atoms with Gasteiger partial charge in [-0.3, -0.25) is 4.90 Å². The summed E-state index contributed by atoms with van der Waals surface area (Å²) in [4.78, 5) is 3.60. The summed E-state index contributed by atoms with van der Waals surface area (Å²) in [6, 6.07) is 5.36. The first-order valence-electron chi connectivity index (χ1n) is 7.36. The number of nitrogens with one attached hydrogen (secondary N) is 1. The van der Waals surface area contributed by atoms with Crippen LogP contribution in [0.15, 0.2) is 18.2 Å². The van der Waals surface area contributed by atoms with E-state index in [1.165, 1.54) is 4.88 Å². The molecule has 2 heterocycles. The number of thiophene rings is 1. The Bertz CT molecular complexity index is 628. The summed E-state index contributed by atoms with van der Waals surface area (Å²) >= 11 is 1.69. The van der Waals surface area contributed by atoms with Gasteiger partial charge in [-0.25, -0.2) is 4.39 Å². The number of benzene rings is 1. The number of halogens is 1. The highest BCUT2D eigenvalue weighted by Crippen LogP contribution is 2.34. The Balaban J connectivity index is 1.96. The van der Waals surface area contributed by atoms with Crippen LogP contribution in [-0.4, -0.2) is 37.7 Å². The van der Waals surface area contributed by atoms with Crippen molar-refractivity contribution in [1.82, 2.24) is 10.2 Å². The smallest absolute Gasteiger partial charge is 0.132 e. The molecule has 2 aromatic rings. The normalized spacial score (nSPS) is 20.2. The number of hydrogen-bond acceptors (Lipinski definition) is 4. The molecule has 0 aliphatic carbocycles. The van der Waals surface area contributed by atoms with Crippen molar-refractivity contribution >= 4 is 21.4 Å². The Morgan fingerprint density at radius 3 is 3.10 bits per heavy atom. The summed E-state index contributed by atoms with van der Waals surface area (Å²) in [5.41, 5.74) is 1.14. The van der Waals surface area contributed by atoms with Gasteiger partial charge in [-0.15, -0.1) is 11.3 Å². The van der Waals surface area contributed by atoms with Crippen LogP contribution in [0.3, 0.4) is 0 Å². The number of hydrogen-bond donors (Lipinski definition) is 1. The third-order valence-electron chi connectivity index (χ3n) is 3.89. The van der Waals surface area contributed by atoms with Crippen molar-refractivity contribution in [2.24, 2.45) is 0 Å². The minimum Gasteiger partial charge on any atom is -0.376 e. The maximum absolute atomic E-state index is 14.3. The lowest BCUT2D eigenvalue weighted by atomic mass is 10.1. The standard InChI is InChI=1S/C16H21FN2OS/c1-11-9-19(6-7-20-11)10-12-15(8-18-2)21-14-5-3-4-13(17)16(12)14/h3-5,11,18H,6-10H2,1-2H3. The van der Waals surface area contributed by atoms with Crippen molar-refractivity contribution < 1.29 is 9.13 Å². The van der Waals surface area contributed by atoms with Crippen LogP contribution >= 0.6 is 11.3 Å². The zero-order valence-corrected chi connectivity index (χ0v) is 13.3. The van der Waals surface area contributed by atoms with Crippen molar-refractivity contribution in [1.29, 1.82) is 0 Å². The van der Waals surface area contributed by atoms with Gasteiger partial charge in [0.1, 0.15) is 5.82 Å². The second-order valence-corrected chi connectivity index (χ2v) is 6.70. The molecule has 1 fully saturated rings. The molecule has 0 amide bonds. The van der Waals surface area contributed by atoms with Gasteiger partial charge in [-0.05, 0) is 31.7 Å². The Morgan fingerprint density at radius 2 is 2.33 bits per heavy atom. The molecule has 1 aromatic heterocycles. The van der Waals surface area contributed by atoms with Crippen molar-refractivity contribution in [3.63, 3.8) is 0 Å². The fourth-order valence-corrected chi connectivity index (χ4v) is 4.19. The van der Waals surface area contributed by atoms with Crippen LogP contribution in [0, 0.1) is 5.82 Å². The van der Waals surface area contributed by atoms with Gasteiger partial charge >= 0.3 is 0 Å².